The summed E-state index contributed by atoms with van der Waals surface area (Å²) < 4.78 is 0. The van der Waals surface area contributed by atoms with Crippen molar-refractivity contribution in [1.29, 1.82) is 0 Å². The molecule has 0 aromatic carbocycles. The summed E-state index contributed by atoms with van der Waals surface area (Å²) in [4.78, 5) is 9.26. The molecule has 0 amide bonds. The second kappa shape index (κ2) is 5.13. The monoisotopic (exact) mass is 233 g/mol. The number of nitrogens with one attached hydrogen (secondary N) is 1. The summed E-state index contributed by atoms with van der Waals surface area (Å²) in [5.74, 6) is 2.45. The quantitative estimate of drug-likeness (QED) is 0.849. The Morgan fingerprint density at radius 1 is 1.47 bits per heavy atom. The predicted octanol–water partition coefficient (Wildman–Crippen LogP) is 2.66. The molecule has 1 aromatic heterocycles. The minimum Gasteiger partial charge on any atom is -0.310 e. The van der Waals surface area contributed by atoms with E-state index in [1.165, 1.54) is 17.7 Å². The molecule has 1 aliphatic carbocycles. The molecular formula is C14H23N3. The van der Waals surface area contributed by atoms with E-state index in [9.17, 15) is 0 Å². The summed E-state index contributed by atoms with van der Waals surface area (Å²) in [6.07, 6.45) is 4.26. The maximum atomic E-state index is 4.73. The lowest BCUT2D eigenvalue weighted by molar-refractivity contribution is 0.582. The third kappa shape index (κ3) is 3.03. The van der Waals surface area contributed by atoms with Crippen molar-refractivity contribution in [2.24, 2.45) is 5.92 Å². The summed E-state index contributed by atoms with van der Waals surface area (Å²) in [5, 5.41) is 3.43. The molecule has 0 radical (unpaired) electrons. The zero-order chi connectivity index (χ0) is 12.4. The van der Waals surface area contributed by atoms with Crippen molar-refractivity contribution in [1.82, 2.24) is 15.3 Å². The number of hydrogen-bond acceptors (Lipinski definition) is 3. The van der Waals surface area contributed by atoms with Crippen LogP contribution in [0.1, 0.15) is 57.1 Å². The fourth-order valence-corrected chi connectivity index (χ4v) is 2.09. The highest BCUT2D eigenvalue weighted by molar-refractivity contribution is 5.21. The van der Waals surface area contributed by atoms with Gasteiger partial charge in [-0.1, -0.05) is 27.7 Å². The smallest absolute Gasteiger partial charge is 0.131 e. The van der Waals surface area contributed by atoms with E-state index >= 15 is 0 Å². The molecule has 0 spiro atoms. The molecule has 2 unspecified atom stereocenters. The predicted molar refractivity (Wildman–Crippen MR) is 69.9 cm³/mol. The third-order valence-corrected chi connectivity index (χ3v) is 3.45. The number of hydrogen-bond donors (Lipinski definition) is 1. The Kier molecular flexibility index (Phi) is 3.77. The first-order chi connectivity index (χ1) is 8.11. The average Bonchev–Trinajstić information content (AvgIpc) is 3.03. The average molecular weight is 233 g/mol. The topological polar surface area (TPSA) is 37.8 Å². The largest absolute Gasteiger partial charge is 0.310 e. The van der Waals surface area contributed by atoms with Crippen molar-refractivity contribution in [2.45, 2.75) is 59.0 Å². The first-order valence-corrected chi connectivity index (χ1v) is 6.69. The van der Waals surface area contributed by atoms with Gasteiger partial charge in [0.25, 0.3) is 0 Å². The van der Waals surface area contributed by atoms with Crippen LogP contribution in [0.5, 0.6) is 0 Å². The second-order valence-corrected chi connectivity index (χ2v) is 5.41. The Morgan fingerprint density at radius 2 is 2.18 bits per heavy atom. The van der Waals surface area contributed by atoms with E-state index in [1.54, 1.807) is 0 Å². The van der Waals surface area contributed by atoms with Gasteiger partial charge in [0.05, 0.1) is 0 Å². The highest BCUT2D eigenvalue weighted by atomic mass is 14.9. The van der Waals surface area contributed by atoms with Gasteiger partial charge in [0.2, 0.25) is 0 Å². The van der Waals surface area contributed by atoms with Gasteiger partial charge in [0.15, 0.2) is 0 Å². The maximum absolute atomic E-state index is 4.73. The Balaban J connectivity index is 2.11. The van der Waals surface area contributed by atoms with Crippen LogP contribution in [-0.4, -0.2) is 16.0 Å². The van der Waals surface area contributed by atoms with Crippen LogP contribution < -0.4 is 5.32 Å². The van der Waals surface area contributed by atoms with Crippen LogP contribution in [0.15, 0.2) is 6.20 Å². The highest BCUT2D eigenvalue weighted by Gasteiger charge is 2.36. The van der Waals surface area contributed by atoms with Gasteiger partial charge < -0.3 is 5.32 Å². The molecule has 0 saturated heterocycles. The number of nitrogens with zero attached hydrogens (tertiary/aromatic N) is 2. The van der Waals surface area contributed by atoms with Crippen molar-refractivity contribution >= 4 is 0 Å². The van der Waals surface area contributed by atoms with Crippen LogP contribution >= 0.6 is 0 Å². The molecule has 2 atom stereocenters. The normalized spacial score (nSPS) is 23.1. The Bertz CT molecular complexity index is 387. The molecule has 94 valence electrons. The van der Waals surface area contributed by atoms with E-state index in [0.717, 1.165) is 24.7 Å². The summed E-state index contributed by atoms with van der Waals surface area (Å²) >= 11 is 0. The van der Waals surface area contributed by atoms with Crippen LogP contribution in [-0.2, 0) is 13.0 Å². The highest BCUT2D eigenvalue weighted by Crippen LogP contribution is 2.45. The van der Waals surface area contributed by atoms with Crippen LogP contribution in [0.3, 0.4) is 0 Å². The van der Waals surface area contributed by atoms with Gasteiger partial charge in [0, 0.05) is 36.0 Å². The van der Waals surface area contributed by atoms with Gasteiger partial charge in [-0.2, -0.15) is 0 Å². The summed E-state index contributed by atoms with van der Waals surface area (Å²) in [5.41, 5.74) is 2.46. The van der Waals surface area contributed by atoms with Crippen LogP contribution in [0.4, 0.5) is 0 Å². The third-order valence-electron chi connectivity index (χ3n) is 3.45. The van der Waals surface area contributed by atoms with Crippen LogP contribution in [0, 0.1) is 5.92 Å². The molecule has 1 saturated carbocycles. The zero-order valence-corrected chi connectivity index (χ0v) is 11.3. The SMILES string of the molecule is CCc1nc(C2CC2C)ncc1CNC(C)C. The molecule has 0 aliphatic heterocycles. The molecule has 1 N–H and O–H groups in total. The van der Waals surface area contributed by atoms with E-state index in [0.29, 0.717) is 12.0 Å². The van der Waals surface area contributed by atoms with Crippen molar-refractivity contribution in [3.05, 3.63) is 23.3 Å². The summed E-state index contributed by atoms with van der Waals surface area (Å²) in [7, 11) is 0. The number of rotatable bonds is 5. The minimum atomic E-state index is 0.503. The molecule has 3 heteroatoms. The van der Waals surface area contributed by atoms with Gasteiger partial charge >= 0.3 is 0 Å². The molecule has 3 nitrogen and oxygen atoms in total. The lowest BCUT2D eigenvalue weighted by atomic mass is 10.1. The first-order valence-electron chi connectivity index (χ1n) is 6.69. The van der Waals surface area contributed by atoms with E-state index in [1.807, 2.05) is 6.20 Å². The Hall–Kier alpha value is -0.960. The lowest BCUT2D eigenvalue weighted by Crippen LogP contribution is -2.23. The van der Waals surface area contributed by atoms with Crippen LogP contribution in [0.25, 0.3) is 0 Å². The van der Waals surface area contributed by atoms with Crippen molar-refractivity contribution in [2.75, 3.05) is 0 Å². The zero-order valence-electron chi connectivity index (χ0n) is 11.3. The van der Waals surface area contributed by atoms with E-state index < -0.39 is 0 Å². The standard InChI is InChI=1S/C14H23N3/c1-5-13-11(7-15-9(2)3)8-16-14(17-13)12-6-10(12)4/h8-10,12,15H,5-7H2,1-4H3. The fourth-order valence-electron chi connectivity index (χ4n) is 2.09. The molecule has 1 heterocycles. The Labute approximate surface area is 104 Å². The van der Waals surface area contributed by atoms with Crippen molar-refractivity contribution in [3.63, 3.8) is 0 Å². The fraction of sp³-hybridized carbons (Fsp3) is 0.714. The second-order valence-electron chi connectivity index (χ2n) is 5.41. The minimum absolute atomic E-state index is 0.503. The molecule has 2 rings (SSSR count). The maximum Gasteiger partial charge on any atom is 0.131 e. The summed E-state index contributed by atoms with van der Waals surface area (Å²) in [6.45, 7) is 9.63. The van der Waals surface area contributed by atoms with Gasteiger partial charge in [-0.05, 0) is 18.8 Å². The molecule has 1 aromatic rings. The molecule has 0 bridgehead atoms. The van der Waals surface area contributed by atoms with E-state index in [-0.39, 0.29) is 0 Å². The summed E-state index contributed by atoms with van der Waals surface area (Å²) in [6, 6.07) is 0.503. The van der Waals surface area contributed by atoms with Gasteiger partial charge in [-0.15, -0.1) is 0 Å². The molecular weight excluding hydrogens is 210 g/mol. The molecule has 17 heavy (non-hydrogen) atoms. The van der Waals surface area contributed by atoms with Crippen LogP contribution in [0.2, 0.25) is 0 Å². The van der Waals surface area contributed by atoms with E-state index in [4.69, 9.17) is 4.98 Å². The molecule has 1 fully saturated rings. The van der Waals surface area contributed by atoms with E-state index in [2.05, 4.69) is 38.0 Å². The number of aromatic nitrogens is 2. The van der Waals surface area contributed by atoms with Gasteiger partial charge in [-0.3, -0.25) is 0 Å². The Morgan fingerprint density at radius 3 is 2.71 bits per heavy atom. The lowest BCUT2D eigenvalue weighted by Gasteiger charge is -2.11. The van der Waals surface area contributed by atoms with Crippen molar-refractivity contribution in [3.8, 4) is 0 Å². The van der Waals surface area contributed by atoms with Gasteiger partial charge in [0.1, 0.15) is 5.82 Å². The first kappa shape index (κ1) is 12.5. The van der Waals surface area contributed by atoms with Crippen molar-refractivity contribution < 1.29 is 0 Å². The van der Waals surface area contributed by atoms with Gasteiger partial charge in [-0.25, -0.2) is 9.97 Å². The number of aryl methyl sites for hydroxylation is 1. The molecule has 1 aliphatic rings.